The van der Waals surface area contributed by atoms with Crippen LogP contribution < -0.4 is 0 Å². The maximum Gasteiger partial charge on any atom is 0.460 e. The van der Waals surface area contributed by atoms with E-state index in [0.717, 1.165) is 0 Å². The van der Waals surface area contributed by atoms with Crippen LogP contribution in [0.4, 0.5) is 36.4 Å². The molecule has 0 radical (unpaired) electrons. The van der Waals surface area contributed by atoms with E-state index in [2.05, 4.69) is 15.2 Å². The lowest BCUT2D eigenvalue weighted by Crippen LogP contribution is -2.55. The molecule has 1 aromatic heterocycles. The predicted molar refractivity (Wildman–Crippen MR) is 65.4 cm³/mol. The van der Waals surface area contributed by atoms with E-state index in [1.807, 2.05) is 0 Å². The number of amides is 1. The number of azo groups is 1. The molecular weight excluding hydrogens is 351 g/mol. The Labute approximate surface area is 127 Å². The molecule has 1 amide bonds. The van der Waals surface area contributed by atoms with E-state index in [1.165, 1.54) is 24.3 Å². The molecule has 2 rings (SSSR count). The summed E-state index contributed by atoms with van der Waals surface area (Å²) in [6.45, 7) is 0. The number of aromatic hydroxyl groups is 1. The van der Waals surface area contributed by atoms with Crippen LogP contribution in [-0.4, -0.2) is 34.0 Å². The maximum atomic E-state index is 13.1. The number of rotatable bonds is 3. The molecule has 2 N–H and O–H groups in total. The molecule has 0 spiro atoms. The highest BCUT2D eigenvalue weighted by molar-refractivity contribution is 5.94. The SMILES string of the molecule is O=C(N=Nc1c(O)[nH]c2ccccc12)C(F)(F)C(F)(F)C(F)(F)F. The fraction of sp³-hybridized carbons (Fsp3) is 0.250. The smallest absolute Gasteiger partial charge is 0.460 e. The first-order valence-electron chi connectivity index (χ1n) is 5.98. The Hall–Kier alpha value is -2.66. The van der Waals surface area contributed by atoms with Gasteiger partial charge in [-0.3, -0.25) is 4.79 Å². The van der Waals surface area contributed by atoms with Gasteiger partial charge in [-0.05, 0) is 6.07 Å². The molecule has 2 aromatic rings. The number of alkyl halides is 7. The number of fused-ring (bicyclic) bond motifs is 1. The molecule has 0 saturated carbocycles. The Bertz CT molecular complexity index is 811. The third-order valence-corrected chi connectivity index (χ3v) is 2.92. The Morgan fingerprint density at radius 3 is 2.21 bits per heavy atom. The number of carbonyl (C=O) groups excluding carboxylic acids is 1. The van der Waals surface area contributed by atoms with Crippen molar-refractivity contribution >= 4 is 22.5 Å². The minimum atomic E-state index is -6.66. The number of benzene rings is 1. The molecule has 0 aliphatic rings. The van der Waals surface area contributed by atoms with Gasteiger partial charge in [0, 0.05) is 5.39 Å². The number of nitrogens with one attached hydrogen (secondary N) is 1. The number of hydrogen-bond donors (Lipinski definition) is 2. The van der Waals surface area contributed by atoms with Gasteiger partial charge in [0.2, 0.25) is 5.88 Å². The van der Waals surface area contributed by atoms with E-state index >= 15 is 0 Å². The lowest BCUT2D eigenvalue weighted by Gasteiger charge is -2.25. The summed E-state index contributed by atoms with van der Waals surface area (Å²) in [5, 5.41) is 14.7. The molecule has 5 nitrogen and oxygen atoms in total. The van der Waals surface area contributed by atoms with Gasteiger partial charge in [0.05, 0.1) is 5.52 Å². The average Bonchev–Trinajstić information content (AvgIpc) is 2.78. The van der Waals surface area contributed by atoms with Crippen molar-refractivity contribution in [2.45, 2.75) is 18.0 Å². The van der Waals surface area contributed by atoms with Crippen LogP contribution >= 0.6 is 0 Å². The number of para-hydroxylation sites is 1. The zero-order valence-corrected chi connectivity index (χ0v) is 11.2. The first-order valence-corrected chi connectivity index (χ1v) is 5.98. The van der Waals surface area contributed by atoms with Crippen LogP contribution in [0.3, 0.4) is 0 Å². The Morgan fingerprint density at radius 1 is 1.04 bits per heavy atom. The second-order valence-electron chi connectivity index (χ2n) is 4.52. The zero-order chi connectivity index (χ0) is 18.3. The Balaban J connectivity index is 2.38. The molecule has 130 valence electrons. The molecule has 1 heterocycles. The summed E-state index contributed by atoms with van der Waals surface area (Å²) in [7, 11) is 0. The Kier molecular flexibility index (Phi) is 4.02. The molecule has 0 aliphatic heterocycles. The summed E-state index contributed by atoms with van der Waals surface area (Å²) in [5.41, 5.74) is -0.325. The van der Waals surface area contributed by atoms with E-state index in [9.17, 15) is 40.6 Å². The molecule has 0 atom stereocenters. The maximum absolute atomic E-state index is 13.1. The molecular formula is C12H6F7N3O2. The van der Waals surface area contributed by atoms with E-state index in [1.54, 1.807) is 0 Å². The first-order chi connectivity index (χ1) is 10.9. The van der Waals surface area contributed by atoms with Crippen molar-refractivity contribution < 1.29 is 40.6 Å². The average molecular weight is 357 g/mol. The summed E-state index contributed by atoms with van der Waals surface area (Å²) in [6, 6.07) is 5.68. The first kappa shape index (κ1) is 17.7. The minimum absolute atomic E-state index is 0.0810. The number of aromatic nitrogens is 1. The van der Waals surface area contributed by atoms with Gasteiger partial charge >= 0.3 is 23.9 Å². The number of aromatic amines is 1. The highest BCUT2D eigenvalue weighted by Crippen LogP contribution is 2.47. The molecule has 0 unspecified atom stereocenters. The highest BCUT2D eigenvalue weighted by Gasteiger charge is 2.76. The third-order valence-electron chi connectivity index (χ3n) is 2.92. The fourth-order valence-electron chi connectivity index (χ4n) is 1.68. The largest absolute Gasteiger partial charge is 0.493 e. The van der Waals surface area contributed by atoms with Gasteiger partial charge in [0.1, 0.15) is 0 Å². The van der Waals surface area contributed by atoms with Gasteiger partial charge in [-0.1, -0.05) is 18.2 Å². The fourth-order valence-corrected chi connectivity index (χ4v) is 1.68. The van der Waals surface area contributed by atoms with Gasteiger partial charge in [0.25, 0.3) is 0 Å². The zero-order valence-electron chi connectivity index (χ0n) is 11.2. The van der Waals surface area contributed by atoms with E-state index in [4.69, 9.17) is 0 Å². The van der Waals surface area contributed by atoms with Crippen LogP contribution in [0, 0.1) is 0 Å². The van der Waals surface area contributed by atoms with Crippen LogP contribution in [0.1, 0.15) is 0 Å². The van der Waals surface area contributed by atoms with Crippen LogP contribution in [0.15, 0.2) is 34.5 Å². The topological polar surface area (TPSA) is 77.8 Å². The van der Waals surface area contributed by atoms with E-state index in [-0.39, 0.29) is 10.9 Å². The van der Waals surface area contributed by atoms with Crippen molar-refractivity contribution in [3.8, 4) is 5.88 Å². The van der Waals surface area contributed by atoms with Crippen LogP contribution in [0.5, 0.6) is 5.88 Å². The normalized spacial score (nSPS) is 13.8. The van der Waals surface area contributed by atoms with Gasteiger partial charge in [-0.2, -0.15) is 30.7 Å². The number of carbonyl (C=O) groups is 1. The van der Waals surface area contributed by atoms with Gasteiger partial charge in [-0.25, -0.2) is 0 Å². The lowest BCUT2D eigenvalue weighted by atomic mass is 10.1. The second-order valence-corrected chi connectivity index (χ2v) is 4.52. The predicted octanol–water partition coefficient (Wildman–Crippen LogP) is 4.32. The standard InChI is InChI=1S/C12H6F7N3O2/c13-10(14,11(15,16)12(17,18)19)9(24)22-21-7-5-3-1-2-4-6(5)20-8(7)23/h1-4,20,23H. The summed E-state index contributed by atoms with van der Waals surface area (Å²) < 4.78 is 87.5. The second kappa shape index (κ2) is 5.46. The molecule has 24 heavy (non-hydrogen) atoms. The van der Waals surface area contributed by atoms with Gasteiger partial charge < -0.3 is 10.1 Å². The monoisotopic (exact) mass is 357 g/mol. The highest BCUT2D eigenvalue weighted by atomic mass is 19.4. The molecule has 0 fully saturated rings. The molecule has 0 saturated heterocycles. The van der Waals surface area contributed by atoms with Crippen LogP contribution in [-0.2, 0) is 4.79 Å². The quantitative estimate of drug-likeness (QED) is 0.634. The van der Waals surface area contributed by atoms with Crippen molar-refractivity contribution in [3.63, 3.8) is 0 Å². The number of halogens is 7. The Morgan fingerprint density at radius 2 is 1.62 bits per heavy atom. The van der Waals surface area contributed by atoms with Gasteiger partial charge in [0.15, 0.2) is 5.69 Å². The molecule has 0 aliphatic carbocycles. The van der Waals surface area contributed by atoms with Crippen molar-refractivity contribution in [1.82, 2.24) is 4.98 Å². The summed E-state index contributed by atoms with van der Waals surface area (Å²) in [6.07, 6.45) is -6.66. The third kappa shape index (κ3) is 2.67. The van der Waals surface area contributed by atoms with Crippen molar-refractivity contribution in [2.24, 2.45) is 10.2 Å². The molecule has 1 aromatic carbocycles. The van der Waals surface area contributed by atoms with Gasteiger partial charge in [-0.15, -0.1) is 10.2 Å². The van der Waals surface area contributed by atoms with E-state index in [0.29, 0.717) is 0 Å². The molecule has 0 bridgehead atoms. The van der Waals surface area contributed by atoms with Crippen molar-refractivity contribution in [2.75, 3.05) is 0 Å². The van der Waals surface area contributed by atoms with Crippen LogP contribution in [0.25, 0.3) is 10.9 Å². The van der Waals surface area contributed by atoms with Crippen LogP contribution in [0.2, 0.25) is 0 Å². The van der Waals surface area contributed by atoms with Crippen molar-refractivity contribution in [1.29, 1.82) is 0 Å². The number of nitrogens with zero attached hydrogens (tertiary/aromatic N) is 2. The molecule has 12 heteroatoms. The van der Waals surface area contributed by atoms with Crippen molar-refractivity contribution in [3.05, 3.63) is 24.3 Å². The number of H-pyrrole nitrogens is 1. The summed E-state index contributed by atoms with van der Waals surface area (Å²) in [5.74, 6) is -16.6. The number of hydrogen-bond acceptors (Lipinski definition) is 3. The minimum Gasteiger partial charge on any atom is -0.493 e. The summed E-state index contributed by atoms with van der Waals surface area (Å²) >= 11 is 0. The lowest BCUT2D eigenvalue weighted by molar-refractivity contribution is -0.343. The summed E-state index contributed by atoms with van der Waals surface area (Å²) in [4.78, 5) is 13.3. The van der Waals surface area contributed by atoms with E-state index < -0.39 is 35.5 Å².